The molecule has 4 rings (SSSR count). The molecule has 0 amide bonds. The number of aromatic nitrogens is 2. The van der Waals surface area contributed by atoms with Crippen LogP contribution in [0.2, 0.25) is 0 Å². The van der Waals surface area contributed by atoms with Crippen LogP contribution in [0.4, 0.5) is 0 Å². The molecule has 0 fully saturated rings. The summed E-state index contributed by atoms with van der Waals surface area (Å²) < 4.78 is 10.9. The van der Waals surface area contributed by atoms with E-state index in [1.54, 1.807) is 6.20 Å². The Hall–Kier alpha value is -3.00. The zero-order valence-electron chi connectivity index (χ0n) is 18.2. The normalized spacial score (nSPS) is 11.9. The van der Waals surface area contributed by atoms with Gasteiger partial charge in [-0.25, -0.2) is 0 Å². The molecule has 2 aromatic carbocycles. The average molecular weight is 369 g/mol. The molecule has 0 bridgehead atoms. The largest absolute Gasteiger partial charge is 0.264 e. The minimum absolute atomic E-state index is 0.437. The smallest absolute Gasteiger partial charge is 0.220 e. The predicted octanol–water partition coefficient (Wildman–Crippen LogP) is 6.13. The third kappa shape index (κ3) is 3.20. The van der Waals surface area contributed by atoms with Crippen molar-refractivity contribution in [3.63, 3.8) is 0 Å². The molecule has 140 valence electrons. The van der Waals surface area contributed by atoms with Crippen LogP contribution in [0, 0.1) is 13.8 Å². The van der Waals surface area contributed by atoms with Gasteiger partial charge in [0.05, 0.1) is 12.3 Å². The Kier molecular flexibility index (Phi) is 4.40. The van der Waals surface area contributed by atoms with Gasteiger partial charge in [-0.05, 0) is 53.1 Å². The molecule has 0 aliphatic carbocycles. The van der Waals surface area contributed by atoms with Gasteiger partial charge in [-0.2, -0.15) is 4.57 Å². The van der Waals surface area contributed by atoms with E-state index in [9.17, 15) is 0 Å². The zero-order valence-corrected chi connectivity index (χ0v) is 17.2. The van der Waals surface area contributed by atoms with Crippen molar-refractivity contribution in [3.8, 4) is 22.4 Å². The van der Waals surface area contributed by atoms with Crippen LogP contribution in [-0.4, -0.2) is 4.98 Å². The number of hydrogen-bond acceptors (Lipinski definition) is 1. The van der Waals surface area contributed by atoms with Gasteiger partial charge in [0.2, 0.25) is 5.69 Å². The van der Waals surface area contributed by atoms with Crippen molar-refractivity contribution in [2.75, 3.05) is 0 Å². The van der Waals surface area contributed by atoms with Gasteiger partial charge in [-0.15, -0.1) is 0 Å². The molecule has 0 aliphatic heterocycles. The molecule has 0 radical (unpaired) electrons. The average Bonchev–Trinajstić information content (AvgIpc) is 2.74. The SMILES string of the molecule is [2H]c1c(C)[n+](C)c(-c2cc(-c3cccnc3)ccc2C)c2ccc(C(C)C)cc12. The van der Waals surface area contributed by atoms with Crippen LogP contribution in [0.15, 0.2) is 67.0 Å². The number of rotatable bonds is 3. The molecule has 0 unspecified atom stereocenters. The highest BCUT2D eigenvalue weighted by molar-refractivity contribution is 5.95. The quantitative estimate of drug-likeness (QED) is 0.397. The minimum Gasteiger partial charge on any atom is -0.264 e. The Morgan fingerprint density at radius 2 is 1.82 bits per heavy atom. The molecular formula is C26H27N2+. The van der Waals surface area contributed by atoms with E-state index in [0.717, 1.165) is 33.3 Å². The Morgan fingerprint density at radius 1 is 1.00 bits per heavy atom. The lowest BCUT2D eigenvalue weighted by Gasteiger charge is -2.13. The van der Waals surface area contributed by atoms with E-state index >= 15 is 0 Å². The van der Waals surface area contributed by atoms with E-state index in [0.29, 0.717) is 12.0 Å². The van der Waals surface area contributed by atoms with Crippen LogP contribution in [0.5, 0.6) is 0 Å². The van der Waals surface area contributed by atoms with Gasteiger partial charge in [-0.1, -0.05) is 44.2 Å². The van der Waals surface area contributed by atoms with E-state index in [4.69, 9.17) is 1.37 Å². The standard InChI is InChI=1S/C26H27N2/c1-17(2)20-10-11-24-23(14-20)13-19(4)28(5)26(24)25-15-21(9-8-18(25)3)22-7-6-12-27-16-22/h6-17H,1-5H3/q+1/i13D. The Labute approximate surface area is 168 Å². The molecule has 2 nitrogen and oxygen atoms in total. The zero-order chi connectivity index (χ0) is 20.7. The monoisotopic (exact) mass is 368 g/mol. The maximum Gasteiger partial charge on any atom is 0.220 e. The third-order valence-electron chi connectivity index (χ3n) is 5.61. The van der Waals surface area contributed by atoms with Crippen molar-refractivity contribution < 1.29 is 5.94 Å². The van der Waals surface area contributed by atoms with Crippen LogP contribution in [0.1, 0.15) is 38.0 Å². The second-order valence-corrected chi connectivity index (χ2v) is 7.85. The minimum atomic E-state index is 0.437. The van der Waals surface area contributed by atoms with Gasteiger partial charge < -0.3 is 0 Å². The maximum absolute atomic E-state index is 8.73. The fraction of sp³-hybridized carbons (Fsp3) is 0.231. The summed E-state index contributed by atoms with van der Waals surface area (Å²) in [4.78, 5) is 4.28. The van der Waals surface area contributed by atoms with Crippen molar-refractivity contribution in [1.82, 2.24) is 4.98 Å². The van der Waals surface area contributed by atoms with Crippen molar-refractivity contribution in [1.29, 1.82) is 0 Å². The molecule has 4 aromatic rings. The summed E-state index contributed by atoms with van der Waals surface area (Å²) in [5.74, 6) is 0.437. The van der Waals surface area contributed by atoms with E-state index < -0.39 is 0 Å². The number of nitrogens with zero attached hydrogens (tertiary/aromatic N) is 2. The predicted molar refractivity (Wildman–Crippen MR) is 117 cm³/mol. The number of aryl methyl sites for hydroxylation is 1. The first-order chi connectivity index (χ1) is 13.9. The molecule has 2 aromatic heterocycles. The summed E-state index contributed by atoms with van der Waals surface area (Å²) in [5, 5.41) is 2.15. The van der Waals surface area contributed by atoms with Gasteiger partial charge in [0.15, 0.2) is 5.69 Å². The van der Waals surface area contributed by atoms with Gasteiger partial charge in [-0.3, -0.25) is 4.98 Å². The number of hydrogen-bond donors (Lipinski definition) is 0. The summed E-state index contributed by atoms with van der Waals surface area (Å²) in [6, 6.07) is 17.8. The van der Waals surface area contributed by atoms with E-state index in [2.05, 4.69) is 79.8 Å². The number of fused-ring (bicyclic) bond motifs is 1. The van der Waals surface area contributed by atoms with Crippen molar-refractivity contribution in [2.45, 2.75) is 33.6 Å². The fourth-order valence-corrected chi connectivity index (χ4v) is 3.77. The molecular weight excluding hydrogens is 340 g/mol. The first-order valence-electron chi connectivity index (χ1n) is 10.3. The molecule has 0 spiro atoms. The lowest BCUT2D eigenvalue weighted by Crippen LogP contribution is -2.35. The van der Waals surface area contributed by atoms with Crippen LogP contribution < -0.4 is 4.57 Å². The molecule has 2 heterocycles. The van der Waals surface area contributed by atoms with Gasteiger partial charge in [0.1, 0.15) is 7.05 Å². The highest BCUT2D eigenvalue weighted by atomic mass is 14.9. The second-order valence-electron chi connectivity index (χ2n) is 7.85. The van der Waals surface area contributed by atoms with Gasteiger partial charge >= 0.3 is 0 Å². The van der Waals surface area contributed by atoms with Crippen LogP contribution >= 0.6 is 0 Å². The Morgan fingerprint density at radius 3 is 2.54 bits per heavy atom. The summed E-state index contributed by atoms with van der Waals surface area (Å²) in [7, 11) is 2.06. The molecule has 0 saturated carbocycles. The van der Waals surface area contributed by atoms with E-state index in [1.807, 2.05) is 19.2 Å². The van der Waals surface area contributed by atoms with Crippen LogP contribution in [0.3, 0.4) is 0 Å². The molecule has 0 N–H and O–H groups in total. The van der Waals surface area contributed by atoms with Crippen molar-refractivity contribution in [2.24, 2.45) is 7.05 Å². The van der Waals surface area contributed by atoms with Crippen molar-refractivity contribution >= 4 is 10.8 Å². The van der Waals surface area contributed by atoms with Crippen molar-refractivity contribution in [3.05, 3.63) is 83.8 Å². The first-order valence-corrected chi connectivity index (χ1v) is 9.82. The summed E-state index contributed by atoms with van der Waals surface area (Å²) >= 11 is 0. The lowest BCUT2D eigenvalue weighted by molar-refractivity contribution is -0.665. The summed E-state index contributed by atoms with van der Waals surface area (Å²) in [5.41, 5.74) is 8.08. The Bertz CT molecular complexity index is 1210. The molecule has 28 heavy (non-hydrogen) atoms. The van der Waals surface area contributed by atoms with Gasteiger partial charge in [0.25, 0.3) is 0 Å². The van der Waals surface area contributed by atoms with E-state index in [1.165, 1.54) is 16.7 Å². The van der Waals surface area contributed by atoms with Gasteiger partial charge in [0, 0.05) is 30.9 Å². The van der Waals surface area contributed by atoms with E-state index in [-0.39, 0.29) is 0 Å². The highest BCUT2D eigenvalue weighted by Crippen LogP contribution is 2.33. The number of benzene rings is 2. The summed E-state index contributed by atoms with van der Waals surface area (Å²) in [6.45, 7) is 8.58. The topological polar surface area (TPSA) is 16.8 Å². The van der Waals surface area contributed by atoms with Crippen LogP contribution in [-0.2, 0) is 7.05 Å². The third-order valence-corrected chi connectivity index (χ3v) is 5.61. The second kappa shape index (κ2) is 7.20. The molecule has 0 aliphatic rings. The first kappa shape index (κ1) is 17.1. The van der Waals surface area contributed by atoms with Crippen LogP contribution in [0.25, 0.3) is 33.2 Å². The lowest BCUT2D eigenvalue weighted by atomic mass is 9.93. The molecule has 2 heteroatoms. The summed E-state index contributed by atoms with van der Waals surface area (Å²) in [6.07, 6.45) is 3.70. The molecule has 0 saturated heterocycles. The number of pyridine rings is 2. The highest BCUT2D eigenvalue weighted by Gasteiger charge is 2.20. The molecule has 0 atom stereocenters. The Balaban J connectivity index is 2.04. The fourth-order valence-electron chi connectivity index (χ4n) is 3.77. The maximum atomic E-state index is 8.73.